The van der Waals surface area contributed by atoms with Crippen LogP contribution in [-0.4, -0.2) is 33.0 Å². The molecular weight excluding hydrogens is 420 g/mol. The van der Waals surface area contributed by atoms with Crippen LogP contribution in [0.1, 0.15) is 60.8 Å². The van der Waals surface area contributed by atoms with E-state index in [1.165, 1.54) is 35.1 Å². The fraction of sp³-hybridized carbons (Fsp3) is 0.357. The molecule has 34 heavy (non-hydrogen) atoms. The molecule has 2 aliphatic heterocycles. The highest BCUT2D eigenvalue weighted by molar-refractivity contribution is 5.72. The molecule has 2 saturated heterocycles. The van der Waals surface area contributed by atoms with E-state index in [-0.39, 0.29) is 0 Å². The summed E-state index contributed by atoms with van der Waals surface area (Å²) in [5, 5.41) is 7.06. The molecule has 0 bridgehead atoms. The number of H-pyrrole nitrogens is 2. The maximum Gasteiger partial charge on any atom is 0.124 e. The van der Waals surface area contributed by atoms with E-state index in [2.05, 4.69) is 83.0 Å². The summed E-state index contributed by atoms with van der Waals surface area (Å²) in [5.74, 6) is 2.12. The van der Waals surface area contributed by atoms with Gasteiger partial charge in [0.25, 0.3) is 0 Å². The van der Waals surface area contributed by atoms with E-state index in [0.29, 0.717) is 12.1 Å². The Kier molecular flexibility index (Phi) is 5.55. The van der Waals surface area contributed by atoms with Gasteiger partial charge in [-0.05, 0) is 74.9 Å². The molecule has 0 spiro atoms. The second-order valence-corrected chi connectivity index (χ2v) is 9.62. The van der Waals surface area contributed by atoms with Gasteiger partial charge >= 0.3 is 0 Å². The molecular formula is C28H32N6. The van der Waals surface area contributed by atoms with E-state index in [9.17, 15) is 0 Å². The minimum Gasteiger partial charge on any atom is -0.340 e. The van der Waals surface area contributed by atoms with Crippen LogP contribution in [0.3, 0.4) is 0 Å². The molecule has 174 valence electrons. The number of aromatic nitrogens is 4. The van der Waals surface area contributed by atoms with Gasteiger partial charge < -0.3 is 20.6 Å². The van der Waals surface area contributed by atoms with Crippen molar-refractivity contribution in [2.24, 2.45) is 0 Å². The van der Waals surface area contributed by atoms with Gasteiger partial charge in [0.15, 0.2) is 0 Å². The van der Waals surface area contributed by atoms with E-state index < -0.39 is 0 Å². The average molecular weight is 453 g/mol. The van der Waals surface area contributed by atoms with Crippen molar-refractivity contribution in [3.05, 3.63) is 71.6 Å². The van der Waals surface area contributed by atoms with Gasteiger partial charge in [-0.3, -0.25) is 0 Å². The lowest BCUT2D eigenvalue weighted by atomic mass is 10.0. The van der Waals surface area contributed by atoms with Gasteiger partial charge in [-0.1, -0.05) is 48.5 Å². The zero-order chi connectivity index (χ0) is 23.1. The lowest BCUT2D eigenvalue weighted by Crippen LogP contribution is -2.14. The number of nitrogens with one attached hydrogen (secondary N) is 4. The van der Waals surface area contributed by atoms with Gasteiger partial charge in [0.1, 0.15) is 11.6 Å². The fourth-order valence-corrected chi connectivity index (χ4v) is 5.35. The minimum absolute atomic E-state index is 0.356. The average Bonchev–Trinajstić information content (AvgIpc) is 3.66. The second-order valence-electron chi connectivity index (χ2n) is 9.62. The number of hydrogen-bond acceptors (Lipinski definition) is 4. The van der Waals surface area contributed by atoms with Gasteiger partial charge in [0.2, 0.25) is 0 Å². The first-order valence-electron chi connectivity index (χ1n) is 12.5. The third-order valence-electron chi connectivity index (χ3n) is 7.27. The van der Waals surface area contributed by atoms with Crippen molar-refractivity contribution < 1.29 is 0 Å². The molecule has 4 heterocycles. The Morgan fingerprint density at radius 2 is 0.971 bits per heavy atom. The van der Waals surface area contributed by atoms with E-state index in [4.69, 9.17) is 9.97 Å². The number of hydrogen-bond donors (Lipinski definition) is 4. The Bertz CT molecular complexity index is 1170. The number of rotatable bonds is 5. The van der Waals surface area contributed by atoms with Crippen molar-refractivity contribution >= 4 is 0 Å². The Hall–Kier alpha value is -3.22. The van der Waals surface area contributed by atoms with Crippen molar-refractivity contribution in [3.63, 3.8) is 0 Å². The predicted octanol–water partition coefficient (Wildman–Crippen LogP) is 5.60. The summed E-state index contributed by atoms with van der Waals surface area (Å²) in [4.78, 5) is 16.7. The number of aryl methyl sites for hydroxylation is 2. The molecule has 4 aromatic rings. The molecule has 6 rings (SSSR count). The van der Waals surface area contributed by atoms with Crippen molar-refractivity contribution in [1.82, 2.24) is 30.6 Å². The molecule has 0 saturated carbocycles. The molecule has 0 unspecified atom stereocenters. The van der Waals surface area contributed by atoms with Crippen LogP contribution in [0, 0.1) is 13.8 Å². The summed E-state index contributed by atoms with van der Waals surface area (Å²) in [6, 6.07) is 18.3. The molecule has 2 aromatic carbocycles. The summed E-state index contributed by atoms with van der Waals surface area (Å²) in [6.07, 6.45) is 4.73. The molecule has 0 radical (unpaired) electrons. The first-order valence-corrected chi connectivity index (χ1v) is 12.5. The number of aromatic amines is 2. The first kappa shape index (κ1) is 21.3. The van der Waals surface area contributed by atoms with Crippen molar-refractivity contribution in [1.29, 1.82) is 0 Å². The summed E-state index contributed by atoms with van der Waals surface area (Å²) in [5.41, 5.74) is 9.13. The molecule has 0 aliphatic carbocycles. The predicted molar refractivity (Wildman–Crippen MR) is 136 cm³/mol. The highest BCUT2D eigenvalue weighted by atomic mass is 15.1. The largest absolute Gasteiger partial charge is 0.340 e. The van der Waals surface area contributed by atoms with Gasteiger partial charge in [0, 0.05) is 0 Å². The second kappa shape index (κ2) is 8.85. The van der Waals surface area contributed by atoms with Crippen LogP contribution < -0.4 is 10.6 Å². The summed E-state index contributed by atoms with van der Waals surface area (Å²) in [7, 11) is 0. The highest BCUT2D eigenvalue weighted by Gasteiger charge is 2.22. The molecule has 4 N–H and O–H groups in total. The van der Waals surface area contributed by atoms with Gasteiger partial charge in [-0.25, -0.2) is 9.97 Å². The highest BCUT2D eigenvalue weighted by Crippen LogP contribution is 2.31. The SMILES string of the molecule is Cc1nc([C@@H]2CCCN2)[nH]c1-c1ccc(-c2ccc(-c3[nH]c([C@@H]4CCCN4)nc3C)cc2)cc1. The smallest absolute Gasteiger partial charge is 0.124 e. The number of benzene rings is 2. The maximum atomic E-state index is 4.79. The fourth-order valence-electron chi connectivity index (χ4n) is 5.35. The monoisotopic (exact) mass is 452 g/mol. The minimum atomic E-state index is 0.356. The molecule has 2 aliphatic rings. The lowest BCUT2D eigenvalue weighted by Gasteiger charge is -2.07. The Morgan fingerprint density at radius 1 is 0.588 bits per heavy atom. The zero-order valence-corrected chi connectivity index (χ0v) is 19.9. The van der Waals surface area contributed by atoms with Crippen LogP contribution >= 0.6 is 0 Å². The lowest BCUT2D eigenvalue weighted by molar-refractivity contribution is 0.612. The van der Waals surface area contributed by atoms with Crippen molar-refractivity contribution in [2.75, 3.05) is 13.1 Å². The van der Waals surface area contributed by atoms with E-state index in [1.807, 2.05) is 0 Å². The topological polar surface area (TPSA) is 81.4 Å². The Labute approximate surface area is 200 Å². The van der Waals surface area contributed by atoms with E-state index in [0.717, 1.165) is 60.4 Å². The van der Waals surface area contributed by atoms with E-state index >= 15 is 0 Å². The standard InChI is InChI=1S/C28H32N6/c1-17-25(33-27(31-17)23-5-3-15-29-23)21-11-7-19(8-12-21)20-9-13-22(14-10-20)26-18(2)32-28(34-26)24-6-4-16-30-24/h7-14,23-24,29-30H,3-6,15-16H2,1-2H3,(H,31,33)(H,32,34)/t23-,24-/m0/s1. The van der Waals surface area contributed by atoms with Crippen LogP contribution in [0.2, 0.25) is 0 Å². The molecule has 2 aromatic heterocycles. The quantitative estimate of drug-likeness (QED) is 0.318. The third-order valence-corrected chi connectivity index (χ3v) is 7.27. The molecule has 2 fully saturated rings. The molecule has 2 atom stereocenters. The van der Waals surface area contributed by atoms with Crippen LogP contribution in [0.25, 0.3) is 33.6 Å². The molecule has 0 amide bonds. The number of imidazole rings is 2. The normalized spacial score (nSPS) is 20.3. The maximum absolute atomic E-state index is 4.79. The Balaban J connectivity index is 1.21. The van der Waals surface area contributed by atoms with Crippen LogP contribution in [0.4, 0.5) is 0 Å². The van der Waals surface area contributed by atoms with Gasteiger partial charge in [-0.15, -0.1) is 0 Å². The first-order chi connectivity index (χ1) is 16.7. The number of nitrogens with zero attached hydrogens (tertiary/aromatic N) is 2. The Morgan fingerprint density at radius 3 is 1.32 bits per heavy atom. The van der Waals surface area contributed by atoms with Crippen molar-refractivity contribution in [3.8, 4) is 33.6 Å². The van der Waals surface area contributed by atoms with Gasteiger partial charge in [-0.2, -0.15) is 0 Å². The zero-order valence-electron chi connectivity index (χ0n) is 19.9. The summed E-state index contributed by atoms with van der Waals surface area (Å²) < 4.78 is 0. The summed E-state index contributed by atoms with van der Waals surface area (Å²) in [6.45, 7) is 6.32. The van der Waals surface area contributed by atoms with Crippen LogP contribution in [0.15, 0.2) is 48.5 Å². The van der Waals surface area contributed by atoms with Gasteiger partial charge in [0.05, 0.1) is 34.9 Å². The molecule has 6 heteroatoms. The van der Waals surface area contributed by atoms with E-state index in [1.54, 1.807) is 0 Å². The molecule has 6 nitrogen and oxygen atoms in total. The van der Waals surface area contributed by atoms with Crippen LogP contribution in [-0.2, 0) is 0 Å². The van der Waals surface area contributed by atoms with Crippen molar-refractivity contribution in [2.45, 2.75) is 51.6 Å². The summed E-state index contributed by atoms with van der Waals surface area (Å²) >= 11 is 0. The third kappa shape index (κ3) is 3.97. The van der Waals surface area contributed by atoms with Crippen LogP contribution in [0.5, 0.6) is 0 Å².